The van der Waals surface area contributed by atoms with Crippen LogP contribution in [0.15, 0.2) is 5.38 Å². The normalized spacial score (nSPS) is 11.5. The first kappa shape index (κ1) is 18.4. The molecule has 1 amide bonds. The Balaban J connectivity index is 0.00000154. The lowest BCUT2D eigenvalue weighted by molar-refractivity contribution is -0.116. The van der Waals surface area contributed by atoms with Crippen molar-refractivity contribution in [2.45, 2.75) is 40.7 Å². The predicted molar refractivity (Wildman–Crippen MR) is 84.7 cm³/mol. The second kappa shape index (κ2) is 9.34. The molecule has 0 saturated carbocycles. The van der Waals surface area contributed by atoms with E-state index in [2.05, 4.69) is 5.38 Å². The molecule has 0 saturated heterocycles. The summed E-state index contributed by atoms with van der Waals surface area (Å²) in [6, 6.07) is -0.0155. The molecule has 0 N–H and O–H groups in total. The molecular formula is C14H24ClNO2S. The Hall–Kier alpha value is -0.580. The van der Waals surface area contributed by atoms with Gasteiger partial charge in [-0.15, -0.1) is 22.9 Å². The summed E-state index contributed by atoms with van der Waals surface area (Å²) in [4.78, 5) is 14.9. The van der Waals surface area contributed by atoms with Gasteiger partial charge in [-0.2, -0.15) is 0 Å². The maximum Gasteiger partial charge on any atom is 0.242 e. The van der Waals surface area contributed by atoms with Crippen molar-refractivity contribution in [1.82, 2.24) is 0 Å². The van der Waals surface area contributed by atoms with Gasteiger partial charge < -0.3 is 9.64 Å². The highest BCUT2D eigenvalue weighted by atomic mass is 35.5. The minimum absolute atomic E-state index is 0.0111. The quantitative estimate of drug-likeness (QED) is 0.770. The predicted octanol–water partition coefficient (Wildman–Crippen LogP) is 4.00. The molecular weight excluding hydrogens is 282 g/mol. The number of hydrogen-bond donors (Lipinski definition) is 0. The molecule has 1 rings (SSSR count). The lowest BCUT2D eigenvalue weighted by Crippen LogP contribution is -2.42. The molecule has 0 spiro atoms. The highest BCUT2D eigenvalue weighted by Gasteiger charge is 2.24. The average Bonchev–Trinajstić information content (AvgIpc) is 2.73. The van der Waals surface area contributed by atoms with Gasteiger partial charge in [0.25, 0.3) is 0 Å². The Morgan fingerprint density at radius 2 is 2.05 bits per heavy atom. The Bertz CT molecular complexity index is 373. The van der Waals surface area contributed by atoms with Crippen molar-refractivity contribution >= 4 is 34.5 Å². The summed E-state index contributed by atoms with van der Waals surface area (Å²) in [6.07, 6.45) is 0. The lowest BCUT2D eigenvalue weighted by Gasteiger charge is -2.29. The molecule has 110 valence electrons. The van der Waals surface area contributed by atoms with Crippen LogP contribution < -0.4 is 4.90 Å². The van der Waals surface area contributed by atoms with Crippen molar-refractivity contribution in [3.63, 3.8) is 0 Å². The molecule has 0 fully saturated rings. The second-order valence-corrected chi connectivity index (χ2v) is 5.38. The monoisotopic (exact) mass is 305 g/mol. The molecule has 0 aliphatic heterocycles. The maximum atomic E-state index is 12.0. The van der Waals surface area contributed by atoms with E-state index in [1.54, 1.807) is 23.3 Å². The molecule has 0 radical (unpaired) electrons. The highest BCUT2D eigenvalue weighted by molar-refractivity contribution is 7.10. The first-order valence-corrected chi connectivity index (χ1v) is 7.86. The minimum atomic E-state index is -0.0826. The number of anilines is 1. The van der Waals surface area contributed by atoms with Crippen molar-refractivity contribution in [2.24, 2.45) is 0 Å². The van der Waals surface area contributed by atoms with Crippen molar-refractivity contribution < 1.29 is 9.53 Å². The van der Waals surface area contributed by atoms with E-state index in [0.29, 0.717) is 6.61 Å². The van der Waals surface area contributed by atoms with Crippen molar-refractivity contribution in [2.75, 3.05) is 24.5 Å². The van der Waals surface area contributed by atoms with Crippen LogP contribution in [0.25, 0.3) is 0 Å². The van der Waals surface area contributed by atoms with Crippen LogP contribution in [0.2, 0.25) is 0 Å². The van der Waals surface area contributed by atoms with E-state index in [1.807, 2.05) is 34.6 Å². The smallest absolute Gasteiger partial charge is 0.242 e. The van der Waals surface area contributed by atoms with E-state index < -0.39 is 0 Å². The van der Waals surface area contributed by atoms with Gasteiger partial charge in [-0.05, 0) is 31.7 Å². The number of alkyl halides is 1. The number of amides is 1. The van der Waals surface area contributed by atoms with Crippen LogP contribution in [0.5, 0.6) is 0 Å². The molecule has 1 heterocycles. The number of methoxy groups -OCH3 is 1. The van der Waals surface area contributed by atoms with Crippen LogP contribution in [-0.4, -0.2) is 31.5 Å². The van der Waals surface area contributed by atoms with Gasteiger partial charge in [0.15, 0.2) is 0 Å². The van der Waals surface area contributed by atoms with Gasteiger partial charge in [0, 0.05) is 12.0 Å². The molecule has 0 bridgehead atoms. The van der Waals surface area contributed by atoms with Crippen LogP contribution in [0, 0.1) is 13.8 Å². The topological polar surface area (TPSA) is 29.5 Å². The van der Waals surface area contributed by atoms with Crippen LogP contribution in [0.4, 0.5) is 5.69 Å². The summed E-state index contributed by atoms with van der Waals surface area (Å²) < 4.78 is 5.12. The number of hydrogen-bond acceptors (Lipinski definition) is 3. The third-order valence-corrected chi connectivity index (χ3v) is 3.84. The highest BCUT2D eigenvalue weighted by Crippen LogP contribution is 2.32. The number of carbonyl (C=O) groups excluding carboxylic acids is 1. The Morgan fingerprint density at radius 3 is 2.42 bits per heavy atom. The molecule has 0 aromatic carbocycles. The van der Waals surface area contributed by atoms with E-state index in [1.165, 1.54) is 0 Å². The average molecular weight is 306 g/mol. The van der Waals surface area contributed by atoms with Crippen LogP contribution in [0.1, 0.15) is 31.2 Å². The molecule has 3 nitrogen and oxygen atoms in total. The third kappa shape index (κ3) is 4.79. The summed E-state index contributed by atoms with van der Waals surface area (Å²) >= 11 is 7.33. The number of nitrogens with zero attached hydrogens (tertiary/aromatic N) is 1. The van der Waals surface area contributed by atoms with Gasteiger partial charge in [-0.3, -0.25) is 4.79 Å². The minimum Gasteiger partial charge on any atom is -0.383 e. The third-order valence-electron chi connectivity index (χ3n) is 2.59. The van der Waals surface area contributed by atoms with E-state index in [0.717, 1.165) is 16.1 Å². The van der Waals surface area contributed by atoms with E-state index in [9.17, 15) is 4.79 Å². The second-order valence-electron chi connectivity index (χ2n) is 4.03. The van der Waals surface area contributed by atoms with E-state index in [4.69, 9.17) is 16.3 Å². The fraction of sp³-hybridized carbons (Fsp3) is 0.643. The van der Waals surface area contributed by atoms with Crippen molar-refractivity contribution in [3.8, 4) is 0 Å². The summed E-state index contributed by atoms with van der Waals surface area (Å²) in [5, 5.41) is 2.05. The zero-order chi connectivity index (χ0) is 15.0. The summed E-state index contributed by atoms with van der Waals surface area (Å²) in [5.74, 6) is -0.0937. The summed E-state index contributed by atoms with van der Waals surface area (Å²) in [5.41, 5.74) is 2.08. The van der Waals surface area contributed by atoms with Crippen LogP contribution in [0.3, 0.4) is 0 Å². The van der Waals surface area contributed by atoms with Gasteiger partial charge in [0.05, 0.1) is 18.3 Å². The zero-order valence-corrected chi connectivity index (χ0v) is 14.2. The number of thiophene rings is 1. The van der Waals surface area contributed by atoms with Crippen molar-refractivity contribution in [3.05, 3.63) is 15.8 Å². The molecule has 1 atom stereocenters. The molecule has 1 unspecified atom stereocenters. The van der Waals surface area contributed by atoms with Crippen LogP contribution >= 0.6 is 22.9 Å². The molecule has 5 heteroatoms. The van der Waals surface area contributed by atoms with Gasteiger partial charge >= 0.3 is 0 Å². The number of aryl methyl sites for hydroxylation is 2. The summed E-state index contributed by atoms with van der Waals surface area (Å²) in [6.45, 7) is 10.5. The fourth-order valence-corrected chi connectivity index (χ4v) is 2.86. The van der Waals surface area contributed by atoms with E-state index in [-0.39, 0.29) is 17.8 Å². The molecule has 1 aromatic heterocycles. The molecule has 1 aromatic rings. The van der Waals surface area contributed by atoms with Crippen molar-refractivity contribution in [1.29, 1.82) is 0 Å². The maximum absolute atomic E-state index is 12.0. The number of rotatable bonds is 5. The molecule has 19 heavy (non-hydrogen) atoms. The zero-order valence-electron chi connectivity index (χ0n) is 12.6. The number of ether oxygens (including phenoxy) is 1. The van der Waals surface area contributed by atoms with Gasteiger partial charge in [-0.1, -0.05) is 13.8 Å². The first-order chi connectivity index (χ1) is 9.02. The molecule has 0 aliphatic rings. The van der Waals surface area contributed by atoms with E-state index >= 15 is 0 Å². The molecule has 0 aliphatic carbocycles. The van der Waals surface area contributed by atoms with Gasteiger partial charge in [-0.25, -0.2) is 0 Å². The van der Waals surface area contributed by atoms with Crippen LogP contribution in [-0.2, 0) is 9.53 Å². The standard InChI is InChI=1S/C12H18ClNO2S.C2H6/c1-8-7-17-10(3)12(8)14(11(15)5-13)9(2)6-16-4;1-2/h7,9H,5-6H2,1-4H3;1-2H3. The lowest BCUT2D eigenvalue weighted by atomic mass is 10.2. The Morgan fingerprint density at radius 1 is 1.47 bits per heavy atom. The van der Waals surface area contributed by atoms with Gasteiger partial charge in [0.2, 0.25) is 5.91 Å². The Labute approximate surface area is 125 Å². The number of carbonyl (C=O) groups is 1. The first-order valence-electron chi connectivity index (χ1n) is 6.44. The Kier molecular flexibility index (Phi) is 9.06. The van der Waals surface area contributed by atoms with Gasteiger partial charge in [0.1, 0.15) is 5.88 Å². The fourth-order valence-electron chi connectivity index (χ4n) is 1.90. The number of halogens is 1. The SMILES string of the molecule is CC.COCC(C)N(C(=O)CCl)c1c(C)csc1C. The summed E-state index contributed by atoms with van der Waals surface area (Å²) in [7, 11) is 1.63. The largest absolute Gasteiger partial charge is 0.383 e.